The summed E-state index contributed by atoms with van der Waals surface area (Å²) in [6.07, 6.45) is 52.8. The number of carbonyl (C=O) groups excluding carboxylic acids is 1. The average molecular weight is 1070 g/mol. The third-order valence-corrected chi connectivity index (χ3v) is 16.1. The van der Waals surface area contributed by atoms with Gasteiger partial charge in [0.1, 0.15) is 36.6 Å². The highest BCUT2D eigenvalue weighted by Crippen LogP contribution is 2.24. The Hall–Kier alpha value is -1.15. The van der Waals surface area contributed by atoms with E-state index in [2.05, 4.69) is 31.3 Å². The van der Waals surface area contributed by atoms with Crippen molar-refractivity contribution >= 4 is 5.91 Å². The first-order valence-corrected chi connectivity index (χ1v) is 32.6. The van der Waals surface area contributed by atoms with Gasteiger partial charge < -0.3 is 50.5 Å². The van der Waals surface area contributed by atoms with E-state index in [1.807, 2.05) is 0 Å². The minimum atomic E-state index is -1.67. The maximum absolute atomic E-state index is 13.2. The van der Waals surface area contributed by atoms with Crippen LogP contribution in [-0.2, 0) is 14.3 Å². The van der Waals surface area contributed by atoms with Gasteiger partial charge in [0.05, 0.1) is 25.4 Å². The lowest BCUT2D eigenvalue weighted by molar-refractivity contribution is -0.303. The van der Waals surface area contributed by atoms with E-state index in [1.165, 1.54) is 244 Å². The molecule has 75 heavy (non-hydrogen) atoms. The fraction of sp³-hybridized carbons (Fsp3) is 0.953. The number of ether oxygens (including phenoxy) is 2. The molecule has 0 bridgehead atoms. The van der Waals surface area contributed by atoms with E-state index in [0.29, 0.717) is 12.8 Å². The fourth-order valence-corrected chi connectivity index (χ4v) is 10.8. The number of hydrogen-bond acceptors (Lipinski definition) is 10. The van der Waals surface area contributed by atoms with E-state index in [9.17, 15) is 40.5 Å². The maximum Gasteiger partial charge on any atom is 0.249 e. The summed E-state index contributed by atoms with van der Waals surface area (Å²) in [7, 11) is 0. The molecule has 0 spiro atoms. The normalized spacial score (nSPS) is 19.7. The largest absolute Gasteiger partial charge is 0.394 e. The van der Waals surface area contributed by atoms with Crippen molar-refractivity contribution in [2.24, 2.45) is 0 Å². The van der Waals surface area contributed by atoms with E-state index in [4.69, 9.17) is 9.47 Å². The Morgan fingerprint density at radius 1 is 0.453 bits per heavy atom. The number of hydrogen-bond donors (Lipinski definition) is 8. The molecule has 0 aromatic rings. The van der Waals surface area contributed by atoms with Crippen LogP contribution in [0.2, 0.25) is 0 Å². The maximum atomic E-state index is 13.2. The molecule has 0 saturated carbocycles. The first-order valence-electron chi connectivity index (χ1n) is 32.6. The van der Waals surface area contributed by atoms with Crippen LogP contribution >= 0.6 is 0 Å². The number of aliphatic hydroxyl groups excluding tert-OH is 7. The molecule has 446 valence electrons. The molecule has 8 N–H and O–H groups in total. The van der Waals surface area contributed by atoms with Gasteiger partial charge in [-0.25, -0.2) is 0 Å². The standard InChI is InChI=1S/C64H125NO10/c1-3-5-7-9-11-13-15-17-19-21-23-25-27-28-30-32-34-36-38-40-42-44-46-48-50-52-57(68)63(73)65-55(54-74-64-62(72)61(71)60(70)58(53-66)75-64)59(69)56(67)51-49-47-45-43-41-39-37-35-33-31-29-26-24-22-20-18-16-14-12-10-8-6-4-2/h43,45,55-62,64,66-72H,3-42,44,46-54H2,1-2H3,(H,65,73)/b45-43+. The molecule has 1 aliphatic rings. The van der Waals surface area contributed by atoms with Gasteiger partial charge in [-0.2, -0.15) is 0 Å². The second-order valence-corrected chi connectivity index (χ2v) is 23.2. The molecule has 1 fully saturated rings. The highest BCUT2D eigenvalue weighted by atomic mass is 16.7. The van der Waals surface area contributed by atoms with Crippen LogP contribution in [0, 0.1) is 0 Å². The van der Waals surface area contributed by atoms with Crippen molar-refractivity contribution in [2.45, 2.75) is 377 Å². The lowest BCUT2D eigenvalue weighted by Crippen LogP contribution is -2.60. The van der Waals surface area contributed by atoms with Crippen LogP contribution in [-0.4, -0.2) is 110 Å². The van der Waals surface area contributed by atoms with Crippen molar-refractivity contribution in [1.82, 2.24) is 5.32 Å². The Bertz CT molecular complexity index is 1220. The van der Waals surface area contributed by atoms with Gasteiger partial charge in [0.2, 0.25) is 5.91 Å². The highest BCUT2D eigenvalue weighted by molar-refractivity contribution is 5.80. The molecule has 0 aromatic carbocycles. The van der Waals surface area contributed by atoms with Crippen LogP contribution in [0.15, 0.2) is 12.2 Å². The van der Waals surface area contributed by atoms with Gasteiger partial charge in [0.25, 0.3) is 0 Å². The molecule has 0 aromatic heterocycles. The quantitative estimate of drug-likeness (QED) is 0.0215. The Morgan fingerprint density at radius 2 is 0.787 bits per heavy atom. The summed E-state index contributed by atoms with van der Waals surface area (Å²) < 4.78 is 11.2. The number of nitrogens with one attached hydrogen (secondary N) is 1. The molecule has 11 nitrogen and oxygen atoms in total. The van der Waals surface area contributed by atoms with Crippen LogP contribution in [0.5, 0.6) is 0 Å². The molecule has 9 atom stereocenters. The average Bonchev–Trinajstić information content (AvgIpc) is 3.41. The minimum absolute atomic E-state index is 0.260. The molecule has 0 radical (unpaired) electrons. The van der Waals surface area contributed by atoms with Crippen LogP contribution < -0.4 is 5.32 Å². The monoisotopic (exact) mass is 1070 g/mol. The number of carbonyl (C=O) groups is 1. The first kappa shape index (κ1) is 71.9. The van der Waals surface area contributed by atoms with Crippen LogP contribution in [0.3, 0.4) is 0 Å². The zero-order valence-electron chi connectivity index (χ0n) is 49.1. The molecule has 1 aliphatic heterocycles. The summed E-state index contributed by atoms with van der Waals surface area (Å²) >= 11 is 0. The van der Waals surface area contributed by atoms with Crippen molar-refractivity contribution in [2.75, 3.05) is 13.2 Å². The molecule has 1 amide bonds. The van der Waals surface area contributed by atoms with Gasteiger partial charge >= 0.3 is 0 Å². The molecule has 11 heteroatoms. The summed E-state index contributed by atoms with van der Waals surface area (Å²) in [4.78, 5) is 13.2. The van der Waals surface area contributed by atoms with Crippen molar-refractivity contribution in [1.29, 1.82) is 0 Å². The predicted octanol–water partition coefficient (Wildman–Crippen LogP) is 14.7. The van der Waals surface area contributed by atoms with Gasteiger partial charge in [-0.3, -0.25) is 4.79 Å². The lowest BCUT2D eigenvalue weighted by atomic mass is 9.98. The molecular weight excluding hydrogens is 943 g/mol. The number of allylic oxidation sites excluding steroid dienone is 2. The summed E-state index contributed by atoms with van der Waals surface area (Å²) in [6.45, 7) is 3.50. The van der Waals surface area contributed by atoms with Gasteiger partial charge in [0.15, 0.2) is 6.29 Å². The van der Waals surface area contributed by atoms with E-state index in [0.717, 1.165) is 38.5 Å². The van der Waals surface area contributed by atoms with Crippen LogP contribution in [0.4, 0.5) is 0 Å². The summed E-state index contributed by atoms with van der Waals surface area (Å²) in [5.41, 5.74) is 0. The highest BCUT2D eigenvalue weighted by Gasteiger charge is 2.44. The smallest absolute Gasteiger partial charge is 0.249 e. The topological polar surface area (TPSA) is 189 Å². The third-order valence-electron chi connectivity index (χ3n) is 16.1. The van der Waals surface area contributed by atoms with Crippen molar-refractivity contribution in [3.63, 3.8) is 0 Å². The Balaban J connectivity index is 2.25. The zero-order chi connectivity index (χ0) is 54.7. The van der Waals surface area contributed by atoms with Crippen molar-refractivity contribution < 1.29 is 50.0 Å². The van der Waals surface area contributed by atoms with Crippen LogP contribution in [0.1, 0.15) is 322 Å². The van der Waals surface area contributed by atoms with Gasteiger partial charge in [0, 0.05) is 0 Å². The van der Waals surface area contributed by atoms with E-state index in [1.54, 1.807) is 0 Å². The van der Waals surface area contributed by atoms with Gasteiger partial charge in [-0.1, -0.05) is 296 Å². The Kier molecular flexibility index (Phi) is 51.3. The first-order chi connectivity index (χ1) is 36.7. The lowest BCUT2D eigenvalue weighted by Gasteiger charge is -2.40. The van der Waals surface area contributed by atoms with Crippen molar-refractivity contribution in [3.8, 4) is 0 Å². The predicted molar refractivity (Wildman–Crippen MR) is 312 cm³/mol. The second kappa shape index (κ2) is 53.5. The number of aliphatic hydroxyl groups is 7. The number of amides is 1. The van der Waals surface area contributed by atoms with Crippen molar-refractivity contribution in [3.05, 3.63) is 12.2 Å². The fourth-order valence-electron chi connectivity index (χ4n) is 10.8. The Labute approximate surface area is 462 Å². The zero-order valence-corrected chi connectivity index (χ0v) is 49.1. The van der Waals surface area contributed by atoms with Crippen LogP contribution in [0.25, 0.3) is 0 Å². The van der Waals surface area contributed by atoms with Gasteiger partial charge in [-0.05, 0) is 38.5 Å². The third kappa shape index (κ3) is 41.5. The summed E-state index contributed by atoms with van der Waals surface area (Å²) in [5.74, 6) is -0.699. The molecule has 1 saturated heterocycles. The van der Waals surface area contributed by atoms with E-state index < -0.39 is 74.2 Å². The van der Waals surface area contributed by atoms with Gasteiger partial charge in [-0.15, -0.1) is 0 Å². The Morgan fingerprint density at radius 3 is 1.15 bits per heavy atom. The van der Waals surface area contributed by atoms with E-state index in [-0.39, 0.29) is 12.8 Å². The van der Waals surface area contributed by atoms with E-state index >= 15 is 0 Å². The SMILES string of the molecule is CCCCCCCCCCCCCCCCCCCC/C=C/CCCC(O)C(O)C(COC1OC(CO)C(O)C(O)C1O)NC(=O)C(O)CCCCCCCCCCCCCCCCCCCCCCCCCCC. The minimum Gasteiger partial charge on any atom is -0.394 e. The molecule has 0 aliphatic carbocycles. The molecule has 1 rings (SSSR count). The summed E-state index contributed by atoms with van der Waals surface area (Å²) in [6, 6.07) is -1.18. The number of rotatable bonds is 57. The molecule has 1 heterocycles. The summed E-state index contributed by atoms with van der Waals surface area (Å²) in [5, 5.41) is 76.3. The second-order valence-electron chi connectivity index (χ2n) is 23.2. The molecular formula is C64H125NO10. The number of unbranched alkanes of at least 4 members (excludes halogenated alkanes) is 43. The molecule has 9 unspecified atom stereocenters.